The van der Waals surface area contributed by atoms with Crippen LogP contribution in [0, 0.1) is 11.8 Å². The minimum absolute atomic E-state index is 0.179. The molecule has 0 saturated heterocycles. The van der Waals surface area contributed by atoms with Crippen LogP contribution < -0.4 is 0 Å². The third kappa shape index (κ3) is 2.35. The highest BCUT2D eigenvalue weighted by Crippen LogP contribution is 2.36. The lowest BCUT2D eigenvalue weighted by atomic mass is 9.75. The number of halogens is 1. The molecule has 0 aliphatic carbocycles. The van der Waals surface area contributed by atoms with E-state index in [0.29, 0.717) is 5.02 Å². The number of benzene rings is 1. The van der Waals surface area contributed by atoms with Gasteiger partial charge in [0.15, 0.2) is 0 Å². The summed E-state index contributed by atoms with van der Waals surface area (Å²) in [6.45, 7) is 8.15. The molecule has 1 aromatic carbocycles. The molecule has 0 heterocycles. The van der Waals surface area contributed by atoms with Crippen molar-refractivity contribution in [3.63, 3.8) is 0 Å². The van der Waals surface area contributed by atoms with E-state index in [-0.39, 0.29) is 11.8 Å². The van der Waals surface area contributed by atoms with Crippen LogP contribution in [-0.4, -0.2) is 5.11 Å². The number of hydrogen-bond donors (Lipinski definition) is 1. The van der Waals surface area contributed by atoms with Crippen molar-refractivity contribution in [2.75, 3.05) is 0 Å². The molecule has 0 amide bonds. The summed E-state index contributed by atoms with van der Waals surface area (Å²) in [4.78, 5) is 0. The Balaban J connectivity index is 3.16. The van der Waals surface area contributed by atoms with E-state index in [1.54, 1.807) is 0 Å². The fourth-order valence-corrected chi connectivity index (χ4v) is 2.18. The molecule has 1 aromatic rings. The van der Waals surface area contributed by atoms with Crippen molar-refractivity contribution in [2.45, 2.75) is 33.3 Å². The van der Waals surface area contributed by atoms with Crippen LogP contribution in [0.3, 0.4) is 0 Å². The van der Waals surface area contributed by atoms with Crippen molar-refractivity contribution < 1.29 is 5.11 Å². The lowest BCUT2D eigenvalue weighted by Crippen LogP contribution is -2.37. The Bertz CT molecular complexity index is 306. The summed E-state index contributed by atoms with van der Waals surface area (Å²) >= 11 is 5.84. The molecule has 84 valence electrons. The second-order valence-electron chi connectivity index (χ2n) is 4.64. The maximum Gasteiger partial charge on any atom is 0.0942 e. The van der Waals surface area contributed by atoms with Gasteiger partial charge >= 0.3 is 0 Å². The predicted molar refractivity (Wildman–Crippen MR) is 65.0 cm³/mol. The van der Waals surface area contributed by atoms with Gasteiger partial charge < -0.3 is 5.11 Å². The minimum Gasteiger partial charge on any atom is -0.385 e. The highest BCUT2D eigenvalue weighted by atomic mass is 35.5. The molecule has 0 spiro atoms. The molecule has 0 saturated carbocycles. The Labute approximate surface area is 97.1 Å². The van der Waals surface area contributed by atoms with Crippen LogP contribution >= 0.6 is 11.6 Å². The Morgan fingerprint density at radius 3 is 1.73 bits per heavy atom. The van der Waals surface area contributed by atoms with Gasteiger partial charge in [-0.25, -0.2) is 0 Å². The lowest BCUT2D eigenvalue weighted by Gasteiger charge is -2.36. The Morgan fingerprint density at radius 2 is 1.40 bits per heavy atom. The minimum atomic E-state index is -0.773. The molecular formula is C13H19ClO. The Hall–Kier alpha value is -0.530. The van der Waals surface area contributed by atoms with Crippen molar-refractivity contribution in [3.05, 3.63) is 34.9 Å². The van der Waals surface area contributed by atoms with E-state index in [9.17, 15) is 5.11 Å². The van der Waals surface area contributed by atoms with E-state index in [0.717, 1.165) is 5.56 Å². The SMILES string of the molecule is CC(C)C(O)(c1ccc(Cl)cc1)C(C)C. The molecular weight excluding hydrogens is 208 g/mol. The quantitative estimate of drug-likeness (QED) is 0.831. The molecule has 2 heteroatoms. The first-order valence-corrected chi connectivity index (χ1v) is 5.75. The maximum absolute atomic E-state index is 10.7. The Morgan fingerprint density at radius 1 is 1.00 bits per heavy atom. The van der Waals surface area contributed by atoms with Crippen LogP contribution in [0.4, 0.5) is 0 Å². The van der Waals surface area contributed by atoms with Crippen molar-refractivity contribution in [1.29, 1.82) is 0 Å². The molecule has 15 heavy (non-hydrogen) atoms. The van der Waals surface area contributed by atoms with Gasteiger partial charge in [-0.2, -0.15) is 0 Å². The smallest absolute Gasteiger partial charge is 0.0942 e. The largest absolute Gasteiger partial charge is 0.385 e. The molecule has 0 aliphatic heterocycles. The summed E-state index contributed by atoms with van der Waals surface area (Å²) in [5, 5.41) is 11.4. The second-order valence-corrected chi connectivity index (χ2v) is 5.08. The van der Waals surface area contributed by atoms with Crippen LogP contribution in [-0.2, 0) is 5.60 Å². The van der Waals surface area contributed by atoms with Crippen LogP contribution in [0.2, 0.25) is 5.02 Å². The third-order valence-electron chi connectivity index (χ3n) is 3.07. The highest BCUT2D eigenvalue weighted by molar-refractivity contribution is 6.30. The molecule has 1 rings (SSSR count). The third-order valence-corrected chi connectivity index (χ3v) is 3.32. The summed E-state index contributed by atoms with van der Waals surface area (Å²) in [5.74, 6) is 0.359. The van der Waals surface area contributed by atoms with Crippen molar-refractivity contribution in [1.82, 2.24) is 0 Å². The van der Waals surface area contributed by atoms with E-state index in [1.807, 2.05) is 52.0 Å². The van der Waals surface area contributed by atoms with Gasteiger partial charge in [0, 0.05) is 5.02 Å². The van der Waals surface area contributed by atoms with Crippen molar-refractivity contribution in [2.24, 2.45) is 11.8 Å². The van der Waals surface area contributed by atoms with Gasteiger partial charge in [-0.05, 0) is 29.5 Å². The summed E-state index contributed by atoms with van der Waals surface area (Å²) in [7, 11) is 0. The molecule has 0 aromatic heterocycles. The van der Waals surface area contributed by atoms with Crippen molar-refractivity contribution in [3.8, 4) is 0 Å². The average Bonchev–Trinajstić information content (AvgIpc) is 2.17. The van der Waals surface area contributed by atoms with Gasteiger partial charge in [0.1, 0.15) is 0 Å². The zero-order chi connectivity index (χ0) is 11.6. The zero-order valence-electron chi connectivity index (χ0n) is 9.79. The van der Waals surface area contributed by atoms with Crippen LogP contribution in [0.5, 0.6) is 0 Å². The fraction of sp³-hybridized carbons (Fsp3) is 0.538. The topological polar surface area (TPSA) is 20.2 Å². The highest BCUT2D eigenvalue weighted by Gasteiger charge is 2.36. The van der Waals surface area contributed by atoms with Gasteiger partial charge in [0.2, 0.25) is 0 Å². The first kappa shape index (κ1) is 12.5. The standard InChI is InChI=1S/C13H19ClO/c1-9(2)13(15,10(3)4)11-5-7-12(14)8-6-11/h5-10,15H,1-4H3. The van der Waals surface area contributed by atoms with Crippen LogP contribution in [0.1, 0.15) is 33.3 Å². The Kier molecular flexibility index (Phi) is 3.80. The van der Waals surface area contributed by atoms with Gasteiger partial charge in [0.25, 0.3) is 0 Å². The molecule has 0 aliphatic rings. The molecule has 0 bridgehead atoms. The summed E-state index contributed by atoms with van der Waals surface area (Å²) in [5.41, 5.74) is 0.168. The van der Waals surface area contributed by atoms with Gasteiger partial charge in [-0.15, -0.1) is 0 Å². The van der Waals surface area contributed by atoms with Crippen molar-refractivity contribution >= 4 is 11.6 Å². The second kappa shape index (κ2) is 4.54. The number of hydrogen-bond acceptors (Lipinski definition) is 1. The average molecular weight is 227 g/mol. The molecule has 0 atom stereocenters. The molecule has 1 N–H and O–H groups in total. The van der Waals surface area contributed by atoms with E-state index < -0.39 is 5.60 Å². The van der Waals surface area contributed by atoms with Gasteiger partial charge in [0.05, 0.1) is 5.60 Å². The van der Waals surface area contributed by atoms with E-state index in [4.69, 9.17) is 11.6 Å². The summed E-state index contributed by atoms with van der Waals surface area (Å²) in [6, 6.07) is 7.46. The monoisotopic (exact) mass is 226 g/mol. The maximum atomic E-state index is 10.7. The zero-order valence-corrected chi connectivity index (χ0v) is 10.5. The predicted octanol–water partition coefficient (Wildman–Crippen LogP) is 3.84. The van der Waals surface area contributed by atoms with E-state index in [2.05, 4.69) is 0 Å². The number of rotatable bonds is 3. The molecule has 0 radical (unpaired) electrons. The van der Waals surface area contributed by atoms with Crippen LogP contribution in [0.25, 0.3) is 0 Å². The van der Waals surface area contributed by atoms with Gasteiger partial charge in [-0.3, -0.25) is 0 Å². The summed E-state index contributed by atoms with van der Waals surface area (Å²) < 4.78 is 0. The fourth-order valence-electron chi connectivity index (χ4n) is 2.05. The van der Waals surface area contributed by atoms with Gasteiger partial charge in [-0.1, -0.05) is 51.4 Å². The molecule has 1 nitrogen and oxygen atoms in total. The lowest BCUT2D eigenvalue weighted by molar-refractivity contribution is -0.0531. The van der Waals surface area contributed by atoms with Crippen LogP contribution in [0.15, 0.2) is 24.3 Å². The molecule has 0 fully saturated rings. The first-order chi connectivity index (χ1) is 6.89. The van der Waals surface area contributed by atoms with E-state index in [1.165, 1.54) is 0 Å². The first-order valence-electron chi connectivity index (χ1n) is 5.37. The summed E-state index contributed by atoms with van der Waals surface area (Å²) in [6.07, 6.45) is 0. The number of aliphatic hydroxyl groups is 1. The normalized spacial score (nSPS) is 12.5. The van der Waals surface area contributed by atoms with E-state index >= 15 is 0 Å². The molecule has 0 unspecified atom stereocenters.